The van der Waals surface area contributed by atoms with Crippen LogP contribution in [0.15, 0.2) is 0 Å². The van der Waals surface area contributed by atoms with Gasteiger partial charge in [0.15, 0.2) is 0 Å². The van der Waals surface area contributed by atoms with E-state index in [2.05, 4.69) is 26.1 Å². The van der Waals surface area contributed by atoms with Crippen molar-refractivity contribution in [2.45, 2.75) is 46.6 Å². The van der Waals surface area contributed by atoms with E-state index < -0.39 is 10.2 Å². The van der Waals surface area contributed by atoms with Crippen LogP contribution in [0.3, 0.4) is 0 Å². The van der Waals surface area contributed by atoms with Gasteiger partial charge in [-0.2, -0.15) is 17.0 Å². The molecule has 0 spiro atoms. The van der Waals surface area contributed by atoms with Gasteiger partial charge < -0.3 is 5.32 Å². The summed E-state index contributed by atoms with van der Waals surface area (Å²) < 4.78 is 28.5. The highest BCUT2D eigenvalue weighted by Crippen LogP contribution is 2.27. The quantitative estimate of drug-likeness (QED) is 0.838. The summed E-state index contributed by atoms with van der Waals surface area (Å²) in [5.74, 6) is 0.594. The fraction of sp³-hybridized carbons (Fsp3) is 1.00. The van der Waals surface area contributed by atoms with E-state index in [0.29, 0.717) is 19.0 Å². The van der Waals surface area contributed by atoms with E-state index in [1.807, 2.05) is 14.0 Å². The van der Waals surface area contributed by atoms with Gasteiger partial charge >= 0.3 is 0 Å². The van der Waals surface area contributed by atoms with Gasteiger partial charge in [-0.05, 0) is 44.7 Å². The lowest BCUT2D eigenvalue weighted by atomic mass is 9.88. The van der Waals surface area contributed by atoms with Gasteiger partial charge in [0.25, 0.3) is 10.2 Å². The van der Waals surface area contributed by atoms with E-state index in [0.717, 1.165) is 19.4 Å². The predicted octanol–water partition coefficient (Wildman–Crippen LogP) is 1.53. The lowest BCUT2D eigenvalue weighted by molar-refractivity contribution is 0.193. The van der Waals surface area contributed by atoms with Crippen LogP contribution in [0, 0.1) is 11.3 Å². The molecule has 120 valence electrons. The van der Waals surface area contributed by atoms with E-state index >= 15 is 0 Å². The van der Waals surface area contributed by atoms with E-state index in [1.165, 1.54) is 4.31 Å². The molecule has 1 aliphatic rings. The third-order valence-electron chi connectivity index (χ3n) is 4.56. The highest BCUT2D eigenvalue weighted by molar-refractivity contribution is 7.86. The third-order valence-corrected chi connectivity index (χ3v) is 6.62. The largest absolute Gasteiger partial charge is 0.319 e. The third kappa shape index (κ3) is 4.16. The van der Waals surface area contributed by atoms with Gasteiger partial charge in [-0.25, -0.2) is 0 Å². The normalized spacial score (nSPS) is 21.4. The summed E-state index contributed by atoms with van der Waals surface area (Å²) in [4.78, 5) is 0. The monoisotopic (exact) mass is 305 g/mol. The highest BCUT2D eigenvalue weighted by atomic mass is 32.2. The summed E-state index contributed by atoms with van der Waals surface area (Å²) in [5.41, 5.74) is -0.0632. The average Bonchev–Trinajstić information content (AvgIpc) is 2.37. The molecule has 0 saturated carbocycles. The van der Waals surface area contributed by atoms with Crippen LogP contribution in [0.4, 0.5) is 0 Å². The van der Waals surface area contributed by atoms with Crippen LogP contribution >= 0.6 is 0 Å². The van der Waals surface area contributed by atoms with Crippen LogP contribution in [0.25, 0.3) is 0 Å². The zero-order valence-corrected chi connectivity index (χ0v) is 14.6. The number of rotatable bonds is 5. The van der Waals surface area contributed by atoms with E-state index in [9.17, 15) is 8.42 Å². The summed E-state index contributed by atoms with van der Waals surface area (Å²) >= 11 is 0. The number of hydrogen-bond acceptors (Lipinski definition) is 3. The second kappa shape index (κ2) is 6.73. The molecule has 1 atom stereocenters. The fourth-order valence-corrected chi connectivity index (χ4v) is 4.31. The first-order valence-corrected chi connectivity index (χ1v) is 8.88. The molecule has 1 aliphatic heterocycles. The molecular formula is C14H31N3O2S. The molecule has 1 fully saturated rings. The Hall–Kier alpha value is -0.170. The summed E-state index contributed by atoms with van der Waals surface area (Å²) in [6.07, 6.45) is 1.88. The molecule has 0 aliphatic carbocycles. The Morgan fingerprint density at radius 2 is 1.80 bits per heavy atom. The average molecular weight is 305 g/mol. The zero-order valence-electron chi connectivity index (χ0n) is 13.8. The highest BCUT2D eigenvalue weighted by Gasteiger charge is 2.36. The molecule has 5 nitrogen and oxygen atoms in total. The van der Waals surface area contributed by atoms with Gasteiger partial charge in [-0.3, -0.25) is 0 Å². The molecule has 0 radical (unpaired) electrons. The van der Waals surface area contributed by atoms with Crippen molar-refractivity contribution in [2.75, 3.05) is 33.7 Å². The maximum Gasteiger partial charge on any atom is 0.281 e. The first kappa shape index (κ1) is 17.9. The molecule has 1 unspecified atom stereocenters. The standard InChI is InChI=1S/C14H31N3O2S/c1-12(14(2,3)4)16(6)20(18,19)17-9-7-13(8-10-17)11-15-5/h12-13,15H,7-11H2,1-6H3. The van der Waals surface area contributed by atoms with Crippen molar-refractivity contribution in [3.63, 3.8) is 0 Å². The SMILES string of the molecule is CNCC1CCN(S(=O)(=O)N(C)C(C)C(C)(C)C)CC1. The van der Waals surface area contributed by atoms with Crippen molar-refractivity contribution in [1.29, 1.82) is 0 Å². The van der Waals surface area contributed by atoms with Crippen LogP contribution < -0.4 is 5.32 Å². The van der Waals surface area contributed by atoms with Crippen LogP contribution in [0.1, 0.15) is 40.5 Å². The predicted molar refractivity (Wildman–Crippen MR) is 83.8 cm³/mol. The number of piperidine rings is 1. The minimum absolute atomic E-state index is 0.0254. The molecule has 0 aromatic rings. The van der Waals surface area contributed by atoms with Crippen LogP contribution in [0.2, 0.25) is 0 Å². The molecule has 6 heteroatoms. The van der Waals surface area contributed by atoms with E-state index in [1.54, 1.807) is 11.4 Å². The molecule has 1 rings (SSSR count). The molecule has 1 heterocycles. The van der Waals surface area contributed by atoms with Crippen LogP contribution in [-0.2, 0) is 10.2 Å². The topological polar surface area (TPSA) is 52.7 Å². The summed E-state index contributed by atoms with van der Waals surface area (Å²) in [6, 6.07) is -0.0254. The summed E-state index contributed by atoms with van der Waals surface area (Å²) in [7, 11) is 0.309. The van der Waals surface area contributed by atoms with Crippen molar-refractivity contribution in [2.24, 2.45) is 11.3 Å². The smallest absolute Gasteiger partial charge is 0.281 e. The molecule has 1 saturated heterocycles. The Kier molecular flexibility index (Phi) is 6.01. The van der Waals surface area contributed by atoms with Gasteiger partial charge in [-0.1, -0.05) is 20.8 Å². The van der Waals surface area contributed by atoms with E-state index in [4.69, 9.17) is 0 Å². The Morgan fingerprint density at radius 3 is 2.20 bits per heavy atom. The van der Waals surface area contributed by atoms with Crippen LogP contribution in [0.5, 0.6) is 0 Å². The van der Waals surface area contributed by atoms with Gasteiger partial charge in [0, 0.05) is 26.2 Å². The molecular weight excluding hydrogens is 274 g/mol. The van der Waals surface area contributed by atoms with Gasteiger partial charge in [0.1, 0.15) is 0 Å². The van der Waals surface area contributed by atoms with Crippen molar-refractivity contribution >= 4 is 10.2 Å². The summed E-state index contributed by atoms with van der Waals surface area (Å²) in [5, 5.41) is 3.17. The lowest BCUT2D eigenvalue weighted by Gasteiger charge is -2.39. The zero-order chi connectivity index (χ0) is 15.6. The van der Waals surface area contributed by atoms with Crippen molar-refractivity contribution < 1.29 is 8.42 Å². The molecule has 0 aromatic carbocycles. The first-order valence-electron chi connectivity index (χ1n) is 7.48. The van der Waals surface area contributed by atoms with Crippen molar-refractivity contribution in [3.8, 4) is 0 Å². The second-order valence-corrected chi connectivity index (χ2v) is 8.95. The molecule has 20 heavy (non-hydrogen) atoms. The Bertz CT molecular complexity index is 395. The number of hydrogen-bond donors (Lipinski definition) is 1. The van der Waals surface area contributed by atoms with Gasteiger partial charge in [-0.15, -0.1) is 0 Å². The minimum Gasteiger partial charge on any atom is -0.319 e. The Morgan fingerprint density at radius 1 is 1.30 bits per heavy atom. The Labute approximate surface area is 124 Å². The summed E-state index contributed by atoms with van der Waals surface area (Å²) in [6.45, 7) is 10.4. The van der Waals surface area contributed by atoms with E-state index in [-0.39, 0.29) is 11.5 Å². The molecule has 0 aromatic heterocycles. The van der Waals surface area contributed by atoms with Crippen molar-refractivity contribution in [1.82, 2.24) is 13.9 Å². The number of nitrogens with zero attached hydrogens (tertiary/aromatic N) is 2. The van der Waals surface area contributed by atoms with Gasteiger partial charge in [0.2, 0.25) is 0 Å². The first-order chi connectivity index (χ1) is 9.10. The number of nitrogens with one attached hydrogen (secondary N) is 1. The molecule has 1 N–H and O–H groups in total. The maximum atomic E-state index is 12.7. The molecule has 0 amide bonds. The maximum absolute atomic E-state index is 12.7. The Balaban J connectivity index is 2.71. The van der Waals surface area contributed by atoms with Crippen LogP contribution in [-0.4, -0.2) is 56.8 Å². The second-order valence-electron chi connectivity index (χ2n) is 6.97. The van der Waals surface area contributed by atoms with Gasteiger partial charge in [0.05, 0.1) is 0 Å². The fourth-order valence-electron chi connectivity index (χ4n) is 2.56. The minimum atomic E-state index is -3.34. The van der Waals surface area contributed by atoms with Crippen molar-refractivity contribution in [3.05, 3.63) is 0 Å². The molecule has 0 bridgehead atoms. The lowest BCUT2D eigenvalue weighted by Crippen LogP contribution is -2.51.